The Labute approximate surface area is 134 Å². The average molecular weight is 306 g/mol. The van der Waals surface area contributed by atoms with E-state index >= 15 is 0 Å². The van der Waals surface area contributed by atoms with Crippen LogP contribution in [0.25, 0.3) is 0 Å². The van der Waals surface area contributed by atoms with E-state index in [1.165, 1.54) is 19.3 Å². The van der Waals surface area contributed by atoms with Gasteiger partial charge < -0.3 is 4.74 Å². The van der Waals surface area contributed by atoms with Gasteiger partial charge in [0.25, 0.3) is 0 Å². The van der Waals surface area contributed by atoms with Crippen LogP contribution >= 0.6 is 0 Å². The normalized spacial score (nSPS) is 16.0. The van der Waals surface area contributed by atoms with Crippen LogP contribution in [0, 0.1) is 0 Å². The standard InChI is InChI=1S/C19H30O3/c1-5-22-13-11-9-7-6-8-10-12-17-16(4)18(20)14(2)15(3)19(17)21/h5-13H2,1-4H3. The first-order valence-electron chi connectivity index (χ1n) is 8.55. The van der Waals surface area contributed by atoms with Crippen LogP contribution in [0.3, 0.4) is 0 Å². The molecule has 0 N–H and O–H groups in total. The molecule has 0 atom stereocenters. The van der Waals surface area contributed by atoms with Crippen LogP contribution in [-0.2, 0) is 14.3 Å². The number of Topliss-reactive ketones (excluding diaryl/α,β-unsaturated/α-hetero) is 2. The number of unbranched alkanes of at least 4 members (excludes halogenated alkanes) is 5. The summed E-state index contributed by atoms with van der Waals surface area (Å²) in [5, 5.41) is 0. The molecular formula is C19H30O3. The maximum absolute atomic E-state index is 12.3. The van der Waals surface area contributed by atoms with Crippen molar-refractivity contribution in [1.82, 2.24) is 0 Å². The Hall–Kier alpha value is -1.22. The molecule has 0 bridgehead atoms. The van der Waals surface area contributed by atoms with Gasteiger partial charge in [0.05, 0.1) is 0 Å². The Bertz CT molecular complexity index is 469. The van der Waals surface area contributed by atoms with E-state index in [1.54, 1.807) is 20.8 Å². The van der Waals surface area contributed by atoms with Crippen LogP contribution in [0.15, 0.2) is 22.3 Å². The van der Waals surface area contributed by atoms with Crippen molar-refractivity contribution in [2.45, 2.75) is 72.6 Å². The summed E-state index contributed by atoms with van der Waals surface area (Å²) < 4.78 is 5.31. The van der Waals surface area contributed by atoms with E-state index in [9.17, 15) is 9.59 Å². The van der Waals surface area contributed by atoms with Crippen molar-refractivity contribution in [2.24, 2.45) is 0 Å². The summed E-state index contributed by atoms with van der Waals surface area (Å²) >= 11 is 0. The molecule has 3 nitrogen and oxygen atoms in total. The minimum absolute atomic E-state index is 0.0445. The molecule has 0 amide bonds. The number of ketones is 2. The molecule has 1 aliphatic rings. The van der Waals surface area contributed by atoms with E-state index in [0.29, 0.717) is 16.7 Å². The molecule has 0 unspecified atom stereocenters. The number of hydrogen-bond acceptors (Lipinski definition) is 3. The summed E-state index contributed by atoms with van der Waals surface area (Å²) in [5.41, 5.74) is 2.64. The summed E-state index contributed by atoms with van der Waals surface area (Å²) in [6.45, 7) is 8.99. The SMILES string of the molecule is CCOCCCCCCCCC1=C(C)C(=O)C(C)=C(C)C1=O. The van der Waals surface area contributed by atoms with Gasteiger partial charge >= 0.3 is 0 Å². The second-order valence-corrected chi connectivity index (χ2v) is 6.08. The van der Waals surface area contributed by atoms with Crippen LogP contribution in [0.5, 0.6) is 0 Å². The number of rotatable bonds is 10. The fourth-order valence-corrected chi connectivity index (χ4v) is 2.81. The highest BCUT2D eigenvalue weighted by Crippen LogP contribution is 2.27. The van der Waals surface area contributed by atoms with Gasteiger partial charge in [0, 0.05) is 35.5 Å². The first kappa shape index (κ1) is 18.8. The van der Waals surface area contributed by atoms with Crippen LogP contribution in [0.4, 0.5) is 0 Å². The summed E-state index contributed by atoms with van der Waals surface area (Å²) in [4.78, 5) is 24.3. The van der Waals surface area contributed by atoms with Crippen molar-refractivity contribution in [1.29, 1.82) is 0 Å². The van der Waals surface area contributed by atoms with Crippen LogP contribution < -0.4 is 0 Å². The smallest absolute Gasteiger partial charge is 0.185 e. The molecule has 3 heteroatoms. The van der Waals surface area contributed by atoms with E-state index in [0.717, 1.165) is 44.5 Å². The Morgan fingerprint density at radius 3 is 1.91 bits per heavy atom. The van der Waals surface area contributed by atoms with Crippen molar-refractivity contribution in [3.63, 3.8) is 0 Å². The Balaban J connectivity index is 2.28. The van der Waals surface area contributed by atoms with Crippen molar-refractivity contribution in [2.75, 3.05) is 13.2 Å². The first-order valence-corrected chi connectivity index (χ1v) is 8.55. The largest absolute Gasteiger partial charge is 0.382 e. The molecule has 0 spiro atoms. The number of ether oxygens (including phenoxy) is 1. The van der Waals surface area contributed by atoms with E-state index in [2.05, 4.69) is 0 Å². The number of hydrogen-bond donors (Lipinski definition) is 0. The Kier molecular flexibility index (Phi) is 8.32. The molecule has 1 aliphatic carbocycles. The molecule has 0 aromatic carbocycles. The van der Waals surface area contributed by atoms with Gasteiger partial charge in [-0.2, -0.15) is 0 Å². The molecule has 124 valence electrons. The van der Waals surface area contributed by atoms with Crippen molar-refractivity contribution >= 4 is 11.6 Å². The summed E-state index contributed by atoms with van der Waals surface area (Å²) in [5.74, 6) is 0.120. The molecule has 1 rings (SSSR count). The zero-order valence-electron chi connectivity index (χ0n) is 14.6. The minimum Gasteiger partial charge on any atom is -0.382 e. The van der Waals surface area contributed by atoms with E-state index in [-0.39, 0.29) is 11.6 Å². The third-order valence-electron chi connectivity index (χ3n) is 4.48. The minimum atomic E-state index is 0.0445. The lowest BCUT2D eigenvalue weighted by Crippen LogP contribution is -2.20. The maximum Gasteiger partial charge on any atom is 0.185 e. The molecule has 0 heterocycles. The second-order valence-electron chi connectivity index (χ2n) is 6.08. The molecule has 0 saturated carbocycles. The highest BCUT2D eigenvalue weighted by molar-refractivity contribution is 6.24. The highest BCUT2D eigenvalue weighted by Gasteiger charge is 2.26. The lowest BCUT2D eigenvalue weighted by Gasteiger charge is -2.18. The fourth-order valence-electron chi connectivity index (χ4n) is 2.81. The summed E-state index contributed by atoms with van der Waals surface area (Å²) in [6, 6.07) is 0. The fraction of sp³-hybridized carbons (Fsp3) is 0.684. The zero-order valence-corrected chi connectivity index (χ0v) is 14.6. The number of carbonyl (C=O) groups excluding carboxylic acids is 2. The topological polar surface area (TPSA) is 43.4 Å². The van der Waals surface area contributed by atoms with Crippen molar-refractivity contribution in [3.05, 3.63) is 22.3 Å². The molecule has 0 fully saturated rings. The van der Waals surface area contributed by atoms with Gasteiger partial charge in [-0.3, -0.25) is 9.59 Å². The molecule has 0 aromatic heterocycles. The van der Waals surface area contributed by atoms with Crippen molar-refractivity contribution < 1.29 is 14.3 Å². The zero-order chi connectivity index (χ0) is 16.5. The Morgan fingerprint density at radius 1 is 0.727 bits per heavy atom. The lowest BCUT2D eigenvalue weighted by atomic mass is 9.84. The second kappa shape index (κ2) is 9.73. The molecule has 0 aliphatic heterocycles. The molecule has 22 heavy (non-hydrogen) atoms. The van der Waals surface area contributed by atoms with E-state index in [4.69, 9.17) is 4.74 Å². The van der Waals surface area contributed by atoms with Gasteiger partial charge in [0.2, 0.25) is 0 Å². The molecule has 0 radical (unpaired) electrons. The highest BCUT2D eigenvalue weighted by atomic mass is 16.5. The summed E-state index contributed by atoms with van der Waals surface area (Å²) in [7, 11) is 0. The predicted molar refractivity (Wildman–Crippen MR) is 89.9 cm³/mol. The average Bonchev–Trinajstić information content (AvgIpc) is 2.52. The van der Waals surface area contributed by atoms with Crippen molar-refractivity contribution in [3.8, 4) is 0 Å². The molecule has 0 saturated heterocycles. The van der Waals surface area contributed by atoms with Gasteiger partial charge in [-0.05, 0) is 47.0 Å². The van der Waals surface area contributed by atoms with Crippen LogP contribution in [0.1, 0.15) is 72.6 Å². The monoisotopic (exact) mass is 306 g/mol. The van der Waals surface area contributed by atoms with Crippen LogP contribution in [0.2, 0.25) is 0 Å². The van der Waals surface area contributed by atoms with Gasteiger partial charge in [-0.15, -0.1) is 0 Å². The molecule has 0 aromatic rings. The third-order valence-corrected chi connectivity index (χ3v) is 4.48. The van der Waals surface area contributed by atoms with Gasteiger partial charge in [-0.1, -0.05) is 25.7 Å². The van der Waals surface area contributed by atoms with E-state index < -0.39 is 0 Å². The van der Waals surface area contributed by atoms with Gasteiger partial charge in [0.1, 0.15) is 0 Å². The maximum atomic E-state index is 12.3. The summed E-state index contributed by atoms with van der Waals surface area (Å²) in [6.07, 6.45) is 7.59. The lowest BCUT2D eigenvalue weighted by molar-refractivity contribution is -0.116. The number of carbonyl (C=O) groups is 2. The first-order chi connectivity index (χ1) is 10.5. The quantitative estimate of drug-likeness (QED) is 0.439. The Morgan fingerprint density at radius 2 is 1.27 bits per heavy atom. The van der Waals surface area contributed by atoms with E-state index in [1.807, 2.05) is 6.92 Å². The van der Waals surface area contributed by atoms with Gasteiger partial charge in [0.15, 0.2) is 11.6 Å². The number of allylic oxidation sites excluding steroid dienone is 4. The predicted octanol–water partition coefficient (Wildman–Crippen LogP) is 4.56. The van der Waals surface area contributed by atoms with Gasteiger partial charge in [-0.25, -0.2) is 0 Å². The van der Waals surface area contributed by atoms with Crippen LogP contribution in [-0.4, -0.2) is 24.8 Å². The third kappa shape index (κ3) is 5.20. The molecular weight excluding hydrogens is 276 g/mol.